The summed E-state index contributed by atoms with van der Waals surface area (Å²) in [6.45, 7) is 2.30. The quantitative estimate of drug-likeness (QED) is 0.471. The number of halogens is 3. The predicted octanol–water partition coefficient (Wildman–Crippen LogP) is 5.17. The van der Waals surface area contributed by atoms with Gasteiger partial charge in [0.1, 0.15) is 16.9 Å². The molecule has 4 rings (SSSR count). The molecule has 8 nitrogen and oxygen atoms in total. The van der Waals surface area contributed by atoms with Crippen LogP contribution in [0.4, 0.5) is 25.8 Å². The van der Waals surface area contributed by atoms with Crippen molar-refractivity contribution in [3.63, 3.8) is 0 Å². The second-order valence-corrected chi connectivity index (χ2v) is 10.4. The van der Waals surface area contributed by atoms with Crippen molar-refractivity contribution in [2.24, 2.45) is 0 Å². The van der Waals surface area contributed by atoms with Crippen molar-refractivity contribution in [2.45, 2.75) is 38.8 Å². The van der Waals surface area contributed by atoms with E-state index in [1.165, 1.54) is 17.7 Å². The van der Waals surface area contributed by atoms with Gasteiger partial charge in [0, 0.05) is 19.7 Å². The van der Waals surface area contributed by atoms with Crippen LogP contribution in [0.25, 0.3) is 11.2 Å². The number of ether oxygens (including phenoxy) is 1. The Balaban J connectivity index is 1.87. The van der Waals surface area contributed by atoms with Gasteiger partial charge < -0.3 is 10.1 Å². The van der Waals surface area contributed by atoms with Gasteiger partial charge in [0.2, 0.25) is 10.0 Å². The Kier molecular flexibility index (Phi) is 6.47. The van der Waals surface area contributed by atoms with Crippen LogP contribution in [-0.2, 0) is 14.8 Å². The summed E-state index contributed by atoms with van der Waals surface area (Å²) in [5.74, 6) is -0.452. The molecule has 33 heavy (non-hydrogen) atoms. The highest BCUT2D eigenvalue weighted by Crippen LogP contribution is 2.38. The maximum absolute atomic E-state index is 13.9. The van der Waals surface area contributed by atoms with Gasteiger partial charge in [-0.2, -0.15) is 0 Å². The van der Waals surface area contributed by atoms with Crippen LogP contribution in [0, 0.1) is 6.92 Å². The summed E-state index contributed by atoms with van der Waals surface area (Å²) in [4.78, 5) is 8.46. The smallest absolute Gasteiger partial charge is 0.295 e. The minimum absolute atomic E-state index is 0.0768. The van der Waals surface area contributed by atoms with E-state index in [9.17, 15) is 17.2 Å². The van der Waals surface area contributed by atoms with E-state index in [-0.39, 0.29) is 16.3 Å². The van der Waals surface area contributed by atoms with Gasteiger partial charge in [-0.05, 0) is 43.9 Å². The Labute approximate surface area is 195 Å². The Morgan fingerprint density at radius 2 is 2.00 bits per heavy atom. The van der Waals surface area contributed by atoms with Crippen LogP contribution in [0.2, 0.25) is 5.15 Å². The topological polar surface area (TPSA) is 89.3 Å². The summed E-state index contributed by atoms with van der Waals surface area (Å²) < 4.78 is 60.4. The Morgan fingerprint density at radius 1 is 1.24 bits per heavy atom. The highest BCUT2D eigenvalue weighted by atomic mass is 35.5. The van der Waals surface area contributed by atoms with E-state index in [2.05, 4.69) is 15.3 Å². The molecule has 2 aromatic heterocycles. The molecule has 1 aliphatic heterocycles. The first-order valence-corrected chi connectivity index (χ1v) is 12.6. The van der Waals surface area contributed by atoms with Crippen molar-refractivity contribution >= 4 is 49.9 Å². The molecular weight excluding hydrogens is 476 g/mol. The number of benzene rings is 1. The van der Waals surface area contributed by atoms with Gasteiger partial charge in [0.15, 0.2) is 11.5 Å². The summed E-state index contributed by atoms with van der Waals surface area (Å²) in [7, 11) is -2.11. The molecule has 3 aromatic rings. The summed E-state index contributed by atoms with van der Waals surface area (Å²) in [6, 6.07) is 6.70. The van der Waals surface area contributed by atoms with Crippen LogP contribution < -0.4 is 9.62 Å². The summed E-state index contributed by atoms with van der Waals surface area (Å²) in [6.07, 6.45) is -0.104. The number of aryl methyl sites for hydroxylation is 1. The number of imidazole rings is 1. The predicted molar refractivity (Wildman–Crippen MR) is 124 cm³/mol. The lowest BCUT2D eigenvalue weighted by Gasteiger charge is -2.25. The van der Waals surface area contributed by atoms with Gasteiger partial charge in [-0.25, -0.2) is 27.2 Å². The van der Waals surface area contributed by atoms with Crippen LogP contribution in [-0.4, -0.2) is 42.9 Å². The molecule has 1 N–H and O–H groups in total. The lowest BCUT2D eigenvalue weighted by molar-refractivity contribution is -0.0363. The third kappa shape index (κ3) is 4.75. The first-order valence-electron chi connectivity index (χ1n) is 10.4. The fourth-order valence-electron chi connectivity index (χ4n) is 3.84. The molecule has 3 heterocycles. The largest absolute Gasteiger partial charge is 0.358 e. The molecule has 1 saturated heterocycles. The summed E-state index contributed by atoms with van der Waals surface area (Å²) in [5.41, 5.74) is 2.38. The van der Waals surface area contributed by atoms with Gasteiger partial charge in [0.25, 0.3) is 6.43 Å². The Bertz CT molecular complexity index is 1290. The van der Waals surface area contributed by atoms with Gasteiger partial charge >= 0.3 is 0 Å². The molecule has 0 aliphatic carbocycles. The van der Waals surface area contributed by atoms with Crippen molar-refractivity contribution in [1.29, 1.82) is 0 Å². The molecule has 1 fully saturated rings. The minimum atomic E-state index is -3.55. The molecule has 178 valence electrons. The number of rotatable bonds is 6. The van der Waals surface area contributed by atoms with Crippen LogP contribution in [0.5, 0.6) is 0 Å². The zero-order valence-corrected chi connectivity index (χ0v) is 19.9. The van der Waals surface area contributed by atoms with E-state index in [1.807, 2.05) is 6.92 Å². The van der Waals surface area contributed by atoms with E-state index < -0.39 is 28.5 Å². The van der Waals surface area contributed by atoms with Gasteiger partial charge in [-0.3, -0.25) is 8.87 Å². The zero-order valence-electron chi connectivity index (χ0n) is 18.3. The molecule has 0 bridgehead atoms. The van der Waals surface area contributed by atoms with Gasteiger partial charge in [-0.1, -0.05) is 17.7 Å². The first kappa shape index (κ1) is 23.7. The van der Waals surface area contributed by atoms with E-state index in [1.54, 1.807) is 18.2 Å². The molecule has 0 radical (unpaired) electrons. The summed E-state index contributed by atoms with van der Waals surface area (Å²) >= 11 is 6.26. The number of alkyl halides is 2. The van der Waals surface area contributed by atoms with E-state index in [0.29, 0.717) is 30.1 Å². The molecule has 0 amide bonds. The third-order valence-corrected chi connectivity index (χ3v) is 6.93. The second-order valence-electron chi connectivity index (χ2n) is 8.00. The van der Waals surface area contributed by atoms with Crippen LogP contribution in [0.15, 0.2) is 24.3 Å². The van der Waals surface area contributed by atoms with Crippen molar-refractivity contribution in [3.8, 4) is 0 Å². The van der Waals surface area contributed by atoms with Crippen LogP contribution in [0.1, 0.15) is 43.3 Å². The lowest BCUT2D eigenvalue weighted by Crippen LogP contribution is -2.25. The second kappa shape index (κ2) is 9.03. The number of pyridine rings is 1. The van der Waals surface area contributed by atoms with Crippen LogP contribution in [0.3, 0.4) is 0 Å². The number of sulfonamides is 1. The van der Waals surface area contributed by atoms with Crippen molar-refractivity contribution < 1.29 is 21.9 Å². The van der Waals surface area contributed by atoms with Gasteiger partial charge in [-0.15, -0.1) is 0 Å². The SMILES string of the molecule is Cc1ccc(Nc2cc(Cl)nc3c2nc(C(F)F)n3C2CCCCO2)c(N(C)S(C)(=O)=O)c1. The maximum atomic E-state index is 13.9. The van der Waals surface area contributed by atoms with Crippen molar-refractivity contribution in [2.75, 3.05) is 29.5 Å². The number of nitrogens with zero attached hydrogens (tertiary/aromatic N) is 4. The van der Waals surface area contributed by atoms with E-state index in [4.69, 9.17) is 16.3 Å². The fraction of sp³-hybridized carbons (Fsp3) is 0.429. The summed E-state index contributed by atoms with van der Waals surface area (Å²) in [5, 5.41) is 3.20. The number of hydrogen-bond acceptors (Lipinski definition) is 6. The highest BCUT2D eigenvalue weighted by molar-refractivity contribution is 7.92. The molecule has 1 aliphatic rings. The zero-order chi connectivity index (χ0) is 23.9. The number of fused-ring (bicyclic) bond motifs is 1. The maximum Gasteiger partial charge on any atom is 0.295 e. The Hall–Kier alpha value is -2.50. The molecule has 0 spiro atoms. The van der Waals surface area contributed by atoms with Crippen LogP contribution >= 0.6 is 11.6 Å². The standard InChI is InChI=1S/C21H24ClF2N5O3S/c1-12-7-8-13(15(10-12)28(2)33(3,30)31)25-14-11-16(22)26-20-18(14)27-21(19(23)24)29(20)17-6-4-5-9-32-17/h7-8,10-11,17,19H,4-6,9H2,1-3H3,(H,25,26). The van der Waals surface area contributed by atoms with E-state index >= 15 is 0 Å². The first-order chi connectivity index (χ1) is 15.6. The Morgan fingerprint density at radius 3 is 2.64 bits per heavy atom. The van der Waals surface area contributed by atoms with Crippen molar-refractivity contribution in [3.05, 3.63) is 40.8 Å². The molecule has 1 unspecified atom stereocenters. The fourth-order valence-corrected chi connectivity index (χ4v) is 4.54. The number of anilines is 3. The van der Waals surface area contributed by atoms with Gasteiger partial charge in [0.05, 0.1) is 23.3 Å². The average molecular weight is 500 g/mol. The third-order valence-electron chi connectivity index (χ3n) is 5.54. The average Bonchev–Trinajstić information content (AvgIpc) is 3.14. The molecule has 1 aromatic carbocycles. The van der Waals surface area contributed by atoms with E-state index in [0.717, 1.165) is 29.0 Å². The molecular formula is C21H24ClF2N5O3S. The number of nitrogens with one attached hydrogen (secondary N) is 1. The normalized spacial score (nSPS) is 17.0. The number of hydrogen-bond donors (Lipinski definition) is 1. The minimum Gasteiger partial charge on any atom is -0.358 e. The highest BCUT2D eigenvalue weighted by Gasteiger charge is 2.29. The number of aromatic nitrogens is 3. The molecule has 12 heteroatoms. The van der Waals surface area contributed by atoms with Crippen molar-refractivity contribution in [1.82, 2.24) is 14.5 Å². The molecule has 1 atom stereocenters. The molecule has 0 saturated carbocycles. The lowest BCUT2D eigenvalue weighted by atomic mass is 10.2. The monoisotopic (exact) mass is 499 g/mol.